The number of anilines is 1. The number of carbonyl (C=O) groups is 1. The van der Waals surface area contributed by atoms with Gasteiger partial charge in [-0.15, -0.1) is 0 Å². The third kappa shape index (κ3) is 2.88. The van der Waals surface area contributed by atoms with Crippen LogP contribution in [0.1, 0.15) is 5.56 Å². The van der Waals surface area contributed by atoms with Crippen molar-refractivity contribution in [3.8, 4) is 12.3 Å². The second kappa shape index (κ2) is 4.62. The van der Waals surface area contributed by atoms with E-state index in [-0.39, 0.29) is 4.77 Å². The van der Waals surface area contributed by atoms with E-state index in [0.717, 1.165) is 11.3 Å². The van der Waals surface area contributed by atoms with E-state index in [4.69, 9.17) is 6.42 Å². The SMILES string of the molecule is C#Cc1cccc(N[C](=O)[Al]=[CH2])c1. The first kappa shape index (κ1) is 9.74. The monoisotopic (exact) mass is 185 g/mol. The van der Waals surface area contributed by atoms with E-state index in [9.17, 15) is 4.79 Å². The predicted octanol–water partition coefficient (Wildman–Crippen LogP) is 1.34. The average molecular weight is 185 g/mol. The number of amides is 1. The summed E-state index contributed by atoms with van der Waals surface area (Å²) in [6.45, 7) is 0. The number of rotatable bonds is 2. The van der Waals surface area contributed by atoms with Crippen molar-refractivity contribution in [1.82, 2.24) is 0 Å². The standard InChI is InChI=1S/C9H6NO.CH2.Al/c1-2-8-4-3-5-9(6-8)10-7-11;;/h1,3-6H,(H,10,11);1H2;. The molecule has 0 saturated carbocycles. The van der Waals surface area contributed by atoms with Gasteiger partial charge in [0, 0.05) is 0 Å². The summed E-state index contributed by atoms with van der Waals surface area (Å²) in [7, 11) is 0. The Labute approximate surface area is 83.2 Å². The van der Waals surface area contributed by atoms with E-state index < -0.39 is 14.8 Å². The van der Waals surface area contributed by atoms with E-state index in [1.807, 2.05) is 12.1 Å². The molecule has 13 heavy (non-hydrogen) atoms. The van der Waals surface area contributed by atoms with Crippen molar-refractivity contribution in [2.45, 2.75) is 0 Å². The molecule has 0 fully saturated rings. The molecule has 0 saturated heterocycles. The quantitative estimate of drug-likeness (QED) is 0.546. The first-order valence-corrected chi connectivity index (χ1v) is 5.15. The minimum atomic E-state index is -0.436. The van der Waals surface area contributed by atoms with Gasteiger partial charge in [0.1, 0.15) is 0 Å². The number of hydrogen-bond acceptors (Lipinski definition) is 1. The van der Waals surface area contributed by atoms with Crippen LogP contribution in [-0.2, 0) is 0 Å². The van der Waals surface area contributed by atoms with E-state index in [1.165, 1.54) is 0 Å². The van der Waals surface area contributed by atoms with Crippen molar-refractivity contribution >= 4 is 30.6 Å². The fraction of sp³-hybridized carbons (Fsp3) is 0. The van der Waals surface area contributed by atoms with Crippen molar-refractivity contribution in [2.75, 3.05) is 5.32 Å². The Bertz CT molecular complexity index is 379. The van der Waals surface area contributed by atoms with E-state index in [1.54, 1.807) is 12.1 Å². The maximum absolute atomic E-state index is 11.0. The molecular weight excluding hydrogens is 177 g/mol. The van der Waals surface area contributed by atoms with Crippen LogP contribution in [-0.4, -0.2) is 24.9 Å². The number of terminal acetylenes is 1. The van der Waals surface area contributed by atoms with E-state index in [0.29, 0.717) is 0 Å². The summed E-state index contributed by atoms with van der Waals surface area (Å²) in [5.41, 5.74) is 1.49. The van der Waals surface area contributed by atoms with Crippen molar-refractivity contribution < 1.29 is 4.79 Å². The summed E-state index contributed by atoms with van der Waals surface area (Å²) in [5, 5.41) is 6.26. The Morgan fingerprint density at radius 2 is 2.38 bits per heavy atom. The summed E-state index contributed by atoms with van der Waals surface area (Å²) in [4.78, 5) is 11.0. The molecule has 1 N–H and O–H groups in total. The maximum atomic E-state index is 11.0. The van der Waals surface area contributed by atoms with Gasteiger partial charge in [0.25, 0.3) is 0 Å². The van der Waals surface area contributed by atoms with E-state index in [2.05, 4.69) is 16.6 Å². The van der Waals surface area contributed by atoms with Gasteiger partial charge in [0.05, 0.1) is 0 Å². The molecule has 0 atom stereocenters. The first-order valence-electron chi connectivity index (χ1n) is 3.76. The van der Waals surface area contributed by atoms with Gasteiger partial charge in [0.2, 0.25) is 0 Å². The Kier molecular flexibility index (Phi) is 3.46. The molecule has 0 bridgehead atoms. The van der Waals surface area contributed by atoms with Gasteiger partial charge in [-0.1, -0.05) is 0 Å². The Hall–Kier alpha value is -1.35. The third-order valence-corrected chi connectivity index (χ3v) is 2.00. The summed E-state index contributed by atoms with van der Waals surface area (Å²) >= 11 is -0.436. The Morgan fingerprint density at radius 3 is 3.00 bits per heavy atom. The zero-order valence-electron chi connectivity index (χ0n) is 7.08. The van der Waals surface area contributed by atoms with Gasteiger partial charge in [-0.3, -0.25) is 0 Å². The Morgan fingerprint density at radius 1 is 1.62 bits per heavy atom. The summed E-state index contributed by atoms with van der Waals surface area (Å²) in [5.74, 6) is 2.50. The molecule has 1 amide bonds. The van der Waals surface area contributed by atoms with Gasteiger partial charge in [0.15, 0.2) is 0 Å². The number of nitrogens with one attached hydrogen (secondary N) is 1. The molecule has 2 nitrogen and oxygen atoms in total. The van der Waals surface area contributed by atoms with Crippen LogP contribution in [0, 0.1) is 12.3 Å². The first-order chi connectivity index (χ1) is 6.26. The fourth-order valence-electron chi connectivity index (χ4n) is 0.880. The molecule has 0 radical (unpaired) electrons. The van der Waals surface area contributed by atoms with Crippen LogP contribution in [0.5, 0.6) is 0 Å². The van der Waals surface area contributed by atoms with Crippen molar-refractivity contribution in [3.63, 3.8) is 0 Å². The number of carbonyl (C=O) groups excluding carboxylic acids is 1. The number of benzene rings is 1. The molecule has 0 aliphatic rings. The molecule has 1 aromatic rings. The molecular formula is C10H8AlNO. The molecule has 0 unspecified atom stereocenters. The average Bonchev–Trinajstić information content (AvgIpc) is 2.18. The molecule has 3 heteroatoms. The van der Waals surface area contributed by atoms with Gasteiger partial charge in [-0.2, -0.15) is 0 Å². The van der Waals surface area contributed by atoms with Crippen molar-refractivity contribution in [2.24, 2.45) is 0 Å². The topological polar surface area (TPSA) is 29.1 Å². The molecule has 62 valence electrons. The summed E-state index contributed by atoms with van der Waals surface area (Å²) in [6, 6.07) is 7.18. The van der Waals surface area contributed by atoms with Crippen molar-refractivity contribution in [3.05, 3.63) is 29.8 Å². The van der Waals surface area contributed by atoms with Crippen LogP contribution >= 0.6 is 0 Å². The molecule has 0 heterocycles. The second-order valence-electron chi connectivity index (χ2n) is 2.42. The van der Waals surface area contributed by atoms with Crippen LogP contribution in [0.4, 0.5) is 10.5 Å². The van der Waals surface area contributed by atoms with Crippen LogP contribution in [0.2, 0.25) is 0 Å². The normalized spacial score (nSPS) is 8.23. The molecule has 1 rings (SSSR count). The Balaban J connectivity index is 2.85. The number of hydrogen-bond donors (Lipinski definition) is 1. The van der Waals surface area contributed by atoms with Gasteiger partial charge in [-0.25, -0.2) is 0 Å². The van der Waals surface area contributed by atoms with Crippen LogP contribution in [0.15, 0.2) is 24.3 Å². The minimum absolute atomic E-state index is 0.0332. The predicted molar refractivity (Wildman–Crippen MR) is 56.3 cm³/mol. The third-order valence-electron chi connectivity index (χ3n) is 1.48. The van der Waals surface area contributed by atoms with Gasteiger partial charge in [-0.05, 0) is 0 Å². The van der Waals surface area contributed by atoms with Crippen LogP contribution in [0.25, 0.3) is 0 Å². The summed E-state index contributed by atoms with van der Waals surface area (Å²) in [6.07, 6.45) is 5.21. The van der Waals surface area contributed by atoms with Gasteiger partial charge < -0.3 is 0 Å². The van der Waals surface area contributed by atoms with E-state index >= 15 is 0 Å². The van der Waals surface area contributed by atoms with Crippen LogP contribution < -0.4 is 5.32 Å². The van der Waals surface area contributed by atoms with Crippen molar-refractivity contribution in [1.29, 1.82) is 0 Å². The van der Waals surface area contributed by atoms with Gasteiger partial charge >= 0.3 is 82.9 Å². The molecule has 0 aromatic heterocycles. The fourth-order valence-corrected chi connectivity index (χ4v) is 1.15. The zero-order valence-corrected chi connectivity index (χ0v) is 8.23. The molecule has 0 aliphatic carbocycles. The summed E-state index contributed by atoms with van der Waals surface area (Å²) < 4.78 is -0.0332. The zero-order chi connectivity index (χ0) is 9.68. The molecule has 0 spiro atoms. The molecule has 1 aromatic carbocycles. The van der Waals surface area contributed by atoms with Crippen LogP contribution in [0.3, 0.4) is 0 Å². The second-order valence-corrected chi connectivity index (χ2v) is 3.35. The molecule has 0 aliphatic heterocycles.